The summed E-state index contributed by atoms with van der Waals surface area (Å²) in [6.07, 6.45) is 1.69. The van der Waals surface area contributed by atoms with Gasteiger partial charge in [-0.25, -0.2) is 4.79 Å². The number of hydrogen-bond acceptors (Lipinski definition) is 3. The summed E-state index contributed by atoms with van der Waals surface area (Å²) in [6.45, 7) is 1.68. The second kappa shape index (κ2) is 4.45. The van der Waals surface area contributed by atoms with Gasteiger partial charge in [0.2, 0.25) is 0 Å². The molecule has 76 valence electrons. The quantitative estimate of drug-likeness (QED) is 0.750. The van der Waals surface area contributed by atoms with Gasteiger partial charge in [0.25, 0.3) is 5.91 Å². The van der Waals surface area contributed by atoms with Crippen molar-refractivity contribution in [2.75, 3.05) is 0 Å². The highest BCUT2D eigenvalue weighted by Crippen LogP contribution is 2.01. The number of nitrogens with one attached hydrogen (secondary N) is 1. The standard InChI is InChI=1S/C9H11NO4/c1-2-6(9(12)13)10-8(11)7-4-3-5-14-7/h3-6H,2H2,1H3,(H,10,11)(H,12,13). The summed E-state index contributed by atoms with van der Waals surface area (Å²) in [5.74, 6) is -1.44. The van der Waals surface area contributed by atoms with Gasteiger partial charge < -0.3 is 14.8 Å². The van der Waals surface area contributed by atoms with Crippen LogP contribution in [0.5, 0.6) is 0 Å². The Morgan fingerprint density at radius 2 is 2.36 bits per heavy atom. The lowest BCUT2D eigenvalue weighted by Gasteiger charge is -2.10. The molecule has 1 aromatic rings. The lowest BCUT2D eigenvalue weighted by atomic mass is 10.2. The molecule has 1 aromatic heterocycles. The monoisotopic (exact) mass is 197 g/mol. The number of aliphatic carboxylic acids is 1. The van der Waals surface area contributed by atoms with Gasteiger partial charge in [0.05, 0.1) is 6.26 Å². The lowest BCUT2D eigenvalue weighted by molar-refractivity contribution is -0.139. The van der Waals surface area contributed by atoms with Crippen molar-refractivity contribution in [2.24, 2.45) is 0 Å². The molecule has 0 fully saturated rings. The molecule has 0 aliphatic carbocycles. The third-order valence-electron chi connectivity index (χ3n) is 1.76. The molecule has 0 bridgehead atoms. The summed E-state index contributed by atoms with van der Waals surface area (Å²) in [6, 6.07) is 2.17. The molecule has 5 nitrogen and oxygen atoms in total. The molecule has 1 atom stereocenters. The van der Waals surface area contributed by atoms with Crippen molar-refractivity contribution in [1.82, 2.24) is 5.32 Å². The van der Waals surface area contributed by atoms with E-state index in [1.165, 1.54) is 12.3 Å². The van der Waals surface area contributed by atoms with Crippen LogP contribution in [0.2, 0.25) is 0 Å². The maximum atomic E-state index is 11.3. The van der Waals surface area contributed by atoms with E-state index in [1.807, 2.05) is 0 Å². The van der Waals surface area contributed by atoms with Gasteiger partial charge in [-0.1, -0.05) is 6.92 Å². The van der Waals surface area contributed by atoms with Gasteiger partial charge in [0.15, 0.2) is 5.76 Å². The molecule has 0 spiro atoms. The summed E-state index contributed by atoms with van der Waals surface area (Å²) < 4.78 is 4.82. The molecule has 0 radical (unpaired) electrons. The Morgan fingerprint density at radius 1 is 1.64 bits per heavy atom. The third-order valence-corrected chi connectivity index (χ3v) is 1.76. The van der Waals surface area contributed by atoms with Crippen molar-refractivity contribution >= 4 is 11.9 Å². The molecule has 1 rings (SSSR count). The highest BCUT2D eigenvalue weighted by molar-refractivity contribution is 5.94. The van der Waals surface area contributed by atoms with Gasteiger partial charge in [-0.3, -0.25) is 4.79 Å². The van der Waals surface area contributed by atoms with Crippen molar-refractivity contribution in [3.63, 3.8) is 0 Å². The second-order valence-corrected chi connectivity index (χ2v) is 2.75. The van der Waals surface area contributed by atoms with E-state index in [1.54, 1.807) is 13.0 Å². The van der Waals surface area contributed by atoms with Gasteiger partial charge in [-0.05, 0) is 18.6 Å². The molecular formula is C9H11NO4. The maximum Gasteiger partial charge on any atom is 0.326 e. The highest BCUT2D eigenvalue weighted by Gasteiger charge is 2.19. The van der Waals surface area contributed by atoms with Gasteiger partial charge in [0, 0.05) is 0 Å². The number of carbonyl (C=O) groups is 2. The van der Waals surface area contributed by atoms with E-state index in [0.29, 0.717) is 6.42 Å². The second-order valence-electron chi connectivity index (χ2n) is 2.75. The Hall–Kier alpha value is -1.78. The zero-order valence-electron chi connectivity index (χ0n) is 7.69. The van der Waals surface area contributed by atoms with Crippen LogP contribution in [0.1, 0.15) is 23.9 Å². The van der Waals surface area contributed by atoms with E-state index in [-0.39, 0.29) is 5.76 Å². The number of carboxylic acids is 1. The van der Waals surface area contributed by atoms with Crippen molar-refractivity contribution in [2.45, 2.75) is 19.4 Å². The van der Waals surface area contributed by atoms with Crippen LogP contribution < -0.4 is 5.32 Å². The Balaban J connectivity index is 2.60. The summed E-state index contributed by atoms with van der Waals surface area (Å²) in [7, 11) is 0. The number of hydrogen-bond donors (Lipinski definition) is 2. The van der Waals surface area contributed by atoms with Crippen LogP contribution in [0.4, 0.5) is 0 Å². The molecule has 2 N–H and O–H groups in total. The fourth-order valence-electron chi connectivity index (χ4n) is 0.976. The molecule has 0 saturated heterocycles. The van der Waals surface area contributed by atoms with Crippen LogP contribution in [-0.2, 0) is 4.79 Å². The Bertz CT molecular complexity index is 318. The fraction of sp³-hybridized carbons (Fsp3) is 0.333. The minimum Gasteiger partial charge on any atom is -0.480 e. The molecule has 0 aliphatic rings. The smallest absolute Gasteiger partial charge is 0.326 e. The van der Waals surface area contributed by atoms with Crippen LogP contribution in [0.25, 0.3) is 0 Å². The first-order valence-electron chi connectivity index (χ1n) is 4.22. The summed E-state index contributed by atoms with van der Waals surface area (Å²) in [5, 5.41) is 11.0. The third kappa shape index (κ3) is 2.35. The molecule has 1 amide bonds. The predicted octanol–water partition coefficient (Wildman–Crippen LogP) is 0.873. The molecule has 0 aromatic carbocycles. The number of rotatable bonds is 4. The number of carbonyl (C=O) groups excluding carboxylic acids is 1. The molecule has 1 heterocycles. The SMILES string of the molecule is CCC(NC(=O)c1ccco1)C(=O)O. The first kappa shape index (κ1) is 10.3. The van der Waals surface area contributed by atoms with Crippen LogP contribution in [-0.4, -0.2) is 23.0 Å². The molecule has 0 aliphatic heterocycles. The number of furan rings is 1. The van der Waals surface area contributed by atoms with Crippen molar-refractivity contribution < 1.29 is 19.1 Å². The molecule has 14 heavy (non-hydrogen) atoms. The maximum absolute atomic E-state index is 11.3. The van der Waals surface area contributed by atoms with Crippen molar-refractivity contribution in [1.29, 1.82) is 0 Å². The summed E-state index contributed by atoms with van der Waals surface area (Å²) in [5.41, 5.74) is 0. The van der Waals surface area contributed by atoms with Gasteiger partial charge in [-0.15, -0.1) is 0 Å². The summed E-state index contributed by atoms with van der Waals surface area (Å²) >= 11 is 0. The Labute approximate surface area is 80.7 Å². The lowest BCUT2D eigenvalue weighted by Crippen LogP contribution is -2.40. The Morgan fingerprint density at radius 3 is 2.79 bits per heavy atom. The van der Waals surface area contributed by atoms with Crippen LogP contribution >= 0.6 is 0 Å². The zero-order chi connectivity index (χ0) is 10.6. The Kier molecular flexibility index (Phi) is 3.28. The predicted molar refractivity (Wildman–Crippen MR) is 47.9 cm³/mol. The first-order chi connectivity index (χ1) is 6.65. The van der Waals surface area contributed by atoms with Gasteiger partial charge in [0.1, 0.15) is 6.04 Å². The van der Waals surface area contributed by atoms with Crippen LogP contribution in [0.3, 0.4) is 0 Å². The first-order valence-corrected chi connectivity index (χ1v) is 4.22. The number of carboxylic acid groups (broad SMARTS) is 1. The fourth-order valence-corrected chi connectivity index (χ4v) is 0.976. The molecule has 5 heteroatoms. The van der Waals surface area contributed by atoms with Crippen molar-refractivity contribution in [3.05, 3.63) is 24.2 Å². The van der Waals surface area contributed by atoms with E-state index in [9.17, 15) is 9.59 Å². The van der Waals surface area contributed by atoms with E-state index in [2.05, 4.69) is 5.32 Å². The van der Waals surface area contributed by atoms with E-state index >= 15 is 0 Å². The van der Waals surface area contributed by atoms with E-state index in [4.69, 9.17) is 9.52 Å². The van der Waals surface area contributed by atoms with Crippen LogP contribution in [0, 0.1) is 0 Å². The average Bonchev–Trinajstić information content (AvgIpc) is 2.65. The van der Waals surface area contributed by atoms with Crippen molar-refractivity contribution in [3.8, 4) is 0 Å². The van der Waals surface area contributed by atoms with Gasteiger partial charge in [-0.2, -0.15) is 0 Å². The molecule has 1 unspecified atom stereocenters. The van der Waals surface area contributed by atoms with E-state index < -0.39 is 17.9 Å². The largest absolute Gasteiger partial charge is 0.480 e. The normalized spacial score (nSPS) is 12.1. The zero-order valence-corrected chi connectivity index (χ0v) is 7.69. The van der Waals surface area contributed by atoms with Crippen LogP contribution in [0.15, 0.2) is 22.8 Å². The van der Waals surface area contributed by atoms with Gasteiger partial charge >= 0.3 is 5.97 Å². The minimum absolute atomic E-state index is 0.115. The minimum atomic E-state index is -1.05. The number of amides is 1. The topological polar surface area (TPSA) is 79.5 Å². The average molecular weight is 197 g/mol. The highest BCUT2D eigenvalue weighted by atomic mass is 16.4. The summed E-state index contributed by atoms with van der Waals surface area (Å²) in [4.78, 5) is 21.9. The molecule has 0 saturated carbocycles. The molecular weight excluding hydrogens is 186 g/mol. The van der Waals surface area contributed by atoms with E-state index in [0.717, 1.165) is 0 Å².